The molecule has 2 rings (SSSR count). The predicted molar refractivity (Wildman–Crippen MR) is 118 cm³/mol. The molecule has 25 heavy (non-hydrogen) atoms. The van der Waals surface area contributed by atoms with E-state index in [0.717, 1.165) is 58.3 Å². The van der Waals surface area contributed by atoms with Crippen molar-refractivity contribution in [2.75, 3.05) is 45.9 Å². The fraction of sp³-hybridized carbons (Fsp3) is 0.722. The standard InChI is InChI=1S/C18H32N4OS.HI/c1-4-19-18(20-13-15(2)12-17-6-5-11-24-17)21-14-16(3)22-7-9-23-10-8-22;/h5-6,11,15-16H,4,7-10,12-14H2,1-3H3,(H2,19,20,21);1H. The average Bonchev–Trinajstić information content (AvgIpc) is 3.10. The topological polar surface area (TPSA) is 48.9 Å². The largest absolute Gasteiger partial charge is 0.379 e. The first kappa shape index (κ1) is 22.7. The van der Waals surface area contributed by atoms with Crippen molar-refractivity contribution in [1.29, 1.82) is 0 Å². The minimum absolute atomic E-state index is 0. The third kappa shape index (κ3) is 8.70. The first-order valence-electron chi connectivity index (χ1n) is 9.05. The molecule has 5 nitrogen and oxygen atoms in total. The van der Waals surface area contributed by atoms with E-state index in [-0.39, 0.29) is 24.0 Å². The molecule has 1 aliphatic rings. The summed E-state index contributed by atoms with van der Waals surface area (Å²) in [6.45, 7) is 13.0. The monoisotopic (exact) mass is 480 g/mol. The lowest BCUT2D eigenvalue weighted by atomic mass is 10.1. The van der Waals surface area contributed by atoms with Gasteiger partial charge in [-0.1, -0.05) is 13.0 Å². The van der Waals surface area contributed by atoms with Gasteiger partial charge in [0.05, 0.1) is 13.2 Å². The number of hydrogen-bond donors (Lipinski definition) is 2. The fourth-order valence-electron chi connectivity index (χ4n) is 2.82. The summed E-state index contributed by atoms with van der Waals surface area (Å²) in [7, 11) is 0. The molecule has 1 aliphatic heterocycles. The summed E-state index contributed by atoms with van der Waals surface area (Å²) in [6, 6.07) is 4.81. The van der Waals surface area contributed by atoms with Crippen LogP contribution in [0.3, 0.4) is 0 Å². The lowest BCUT2D eigenvalue weighted by molar-refractivity contribution is 0.0211. The Morgan fingerprint density at radius 3 is 2.72 bits per heavy atom. The molecule has 0 spiro atoms. The van der Waals surface area contributed by atoms with Gasteiger partial charge in [-0.15, -0.1) is 35.3 Å². The zero-order valence-corrected chi connectivity index (χ0v) is 18.8. The summed E-state index contributed by atoms with van der Waals surface area (Å²) >= 11 is 1.83. The van der Waals surface area contributed by atoms with Crippen LogP contribution in [0.4, 0.5) is 0 Å². The number of hydrogen-bond acceptors (Lipinski definition) is 4. The van der Waals surface area contributed by atoms with Gasteiger partial charge in [0, 0.05) is 43.6 Å². The predicted octanol–water partition coefficient (Wildman–Crippen LogP) is 2.82. The number of morpholine rings is 1. The molecule has 2 atom stereocenters. The van der Waals surface area contributed by atoms with Gasteiger partial charge in [-0.05, 0) is 37.6 Å². The molecule has 0 aliphatic carbocycles. The Hall–Kier alpha value is -0.380. The van der Waals surface area contributed by atoms with Gasteiger partial charge in [-0.25, -0.2) is 0 Å². The van der Waals surface area contributed by atoms with Crippen molar-refractivity contribution in [3.05, 3.63) is 22.4 Å². The van der Waals surface area contributed by atoms with E-state index in [2.05, 4.69) is 53.8 Å². The summed E-state index contributed by atoms with van der Waals surface area (Å²) in [5, 5.41) is 8.99. The molecule has 2 heterocycles. The maximum absolute atomic E-state index is 5.42. The summed E-state index contributed by atoms with van der Waals surface area (Å²) in [4.78, 5) is 8.68. The van der Waals surface area contributed by atoms with Crippen molar-refractivity contribution in [2.24, 2.45) is 10.9 Å². The maximum atomic E-state index is 5.42. The second-order valence-corrected chi connectivity index (χ2v) is 7.52. The molecule has 1 saturated heterocycles. The van der Waals surface area contributed by atoms with Gasteiger partial charge >= 0.3 is 0 Å². The third-order valence-corrected chi connectivity index (χ3v) is 5.17. The van der Waals surface area contributed by atoms with Gasteiger partial charge in [0.1, 0.15) is 0 Å². The fourth-order valence-corrected chi connectivity index (χ4v) is 3.69. The zero-order valence-electron chi connectivity index (χ0n) is 15.7. The number of thiophene rings is 1. The highest BCUT2D eigenvalue weighted by molar-refractivity contribution is 14.0. The van der Waals surface area contributed by atoms with Crippen molar-refractivity contribution in [1.82, 2.24) is 15.5 Å². The van der Waals surface area contributed by atoms with Gasteiger partial charge < -0.3 is 15.4 Å². The second-order valence-electron chi connectivity index (χ2n) is 6.49. The lowest BCUT2D eigenvalue weighted by Crippen LogP contribution is -2.49. The molecule has 7 heteroatoms. The Balaban J connectivity index is 0.00000312. The molecule has 0 aromatic carbocycles. The van der Waals surface area contributed by atoms with Crippen LogP contribution < -0.4 is 10.6 Å². The molecule has 1 fully saturated rings. The number of aliphatic imine (C=N–C) groups is 1. The van der Waals surface area contributed by atoms with Crippen molar-refractivity contribution in [3.63, 3.8) is 0 Å². The van der Waals surface area contributed by atoms with Crippen LogP contribution in [-0.2, 0) is 11.2 Å². The molecule has 2 unspecified atom stereocenters. The smallest absolute Gasteiger partial charge is 0.191 e. The molecule has 0 saturated carbocycles. The van der Waals surface area contributed by atoms with E-state index in [9.17, 15) is 0 Å². The highest BCUT2D eigenvalue weighted by atomic mass is 127. The van der Waals surface area contributed by atoms with Crippen LogP contribution in [0.5, 0.6) is 0 Å². The number of nitrogens with zero attached hydrogens (tertiary/aromatic N) is 2. The zero-order chi connectivity index (χ0) is 17.2. The molecule has 144 valence electrons. The van der Waals surface area contributed by atoms with Gasteiger partial charge in [0.25, 0.3) is 0 Å². The van der Waals surface area contributed by atoms with Gasteiger partial charge in [-0.3, -0.25) is 9.89 Å². The number of guanidine groups is 1. The Morgan fingerprint density at radius 2 is 2.08 bits per heavy atom. The Kier molecular flexibility index (Phi) is 11.7. The summed E-state index contributed by atoms with van der Waals surface area (Å²) in [5.74, 6) is 1.48. The number of rotatable bonds is 8. The molecule has 0 bridgehead atoms. The van der Waals surface area contributed by atoms with E-state index < -0.39 is 0 Å². The Morgan fingerprint density at radius 1 is 1.32 bits per heavy atom. The maximum Gasteiger partial charge on any atom is 0.191 e. The molecular formula is C18H33IN4OS. The van der Waals surface area contributed by atoms with Crippen LogP contribution in [0.25, 0.3) is 0 Å². The van der Waals surface area contributed by atoms with Gasteiger partial charge in [0.15, 0.2) is 5.96 Å². The number of halogens is 1. The van der Waals surface area contributed by atoms with Crippen molar-refractivity contribution in [3.8, 4) is 0 Å². The molecule has 0 amide bonds. The quantitative estimate of drug-likeness (QED) is 0.342. The summed E-state index contributed by atoms with van der Waals surface area (Å²) in [6.07, 6.45) is 1.10. The van der Waals surface area contributed by atoms with E-state index in [1.807, 2.05) is 11.3 Å². The van der Waals surface area contributed by atoms with Crippen molar-refractivity contribution in [2.45, 2.75) is 33.2 Å². The molecule has 1 aromatic heterocycles. The first-order chi connectivity index (χ1) is 11.7. The van der Waals surface area contributed by atoms with E-state index >= 15 is 0 Å². The van der Waals surface area contributed by atoms with Crippen LogP contribution in [0.15, 0.2) is 22.5 Å². The van der Waals surface area contributed by atoms with E-state index in [4.69, 9.17) is 9.73 Å². The lowest BCUT2D eigenvalue weighted by Gasteiger charge is -2.32. The van der Waals surface area contributed by atoms with Gasteiger partial charge in [-0.2, -0.15) is 0 Å². The van der Waals surface area contributed by atoms with Crippen LogP contribution >= 0.6 is 35.3 Å². The number of ether oxygens (including phenoxy) is 1. The number of nitrogens with one attached hydrogen (secondary N) is 2. The minimum Gasteiger partial charge on any atom is -0.379 e. The normalized spacial score (nSPS) is 18.3. The Labute approximate surface area is 173 Å². The van der Waals surface area contributed by atoms with Crippen LogP contribution in [0.2, 0.25) is 0 Å². The van der Waals surface area contributed by atoms with Crippen LogP contribution in [0.1, 0.15) is 25.6 Å². The summed E-state index contributed by atoms with van der Waals surface area (Å²) < 4.78 is 5.42. The van der Waals surface area contributed by atoms with Crippen LogP contribution in [-0.4, -0.2) is 62.8 Å². The molecule has 2 N–H and O–H groups in total. The van der Waals surface area contributed by atoms with E-state index in [0.29, 0.717) is 12.0 Å². The second kappa shape index (κ2) is 12.9. The van der Waals surface area contributed by atoms with Gasteiger partial charge in [0.2, 0.25) is 0 Å². The van der Waals surface area contributed by atoms with Crippen LogP contribution in [0, 0.1) is 5.92 Å². The SMILES string of the molecule is CCNC(=NCC(C)Cc1cccs1)NCC(C)N1CCOCC1.I. The van der Waals surface area contributed by atoms with Crippen molar-refractivity contribution >= 4 is 41.3 Å². The van der Waals surface area contributed by atoms with E-state index in [1.54, 1.807) is 0 Å². The Bertz CT molecular complexity index is 477. The summed E-state index contributed by atoms with van der Waals surface area (Å²) in [5.41, 5.74) is 0. The third-order valence-electron chi connectivity index (χ3n) is 4.27. The minimum atomic E-state index is 0. The van der Waals surface area contributed by atoms with E-state index in [1.165, 1.54) is 4.88 Å². The molecular weight excluding hydrogens is 447 g/mol. The average molecular weight is 480 g/mol. The molecule has 0 radical (unpaired) electrons. The first-order valence-corrected chi connectivity index (χ1v) is 9.93. The molecule has 1 aromatic rings. The highest BCUT2D eigenvalue weighted by Crippen LogP contribution is 2.14. The highest BCUT2D eigenvalue weighted by Gasteiger charge is 2.17. The van der Waals surface area contributed by atoms with Crippen molar-refractivity contribution < 1.29 is 4.74 Å².